The van der Waals surface area contributed by atoms with Crippen LogP contribution in [0.4, 0.5) is 0 Å². The van der Waals surface area contributed by atoms with E-state index in [1.165, 1.54) is 51.6 Å². The van der Waals surface area contributed by atoms with E-state index in [0.29, 0.717) is 12.6 Å². The Kier molecular flexibility index (Phi) is 2.94. The molecule has 0 aromatic rings. The summed E-state index contributed by atoms with van der Waals surface area (Å²) < 4.78 is 0. The quantitative estimate of drug-likeness (QED) is 0.747. The molecular weight excluding hydrogens is 200 g/mol. The first-order chi connectivity index (χ1) is 7.83. The van der Waals surface area contributed by atoms with Gasteiger partial charge in [-0.15, -0.1) is 0 Å². The zero-order chi connectivity index (χ0) is 11.0. The molecule has 3 aliphatic rings. The van der Waals surface area contributed by atoms with Crippen LogP contribution in [0, 0.1) is 5.41 Å². The van der Waals surface area contributed by atoms with Gasteiger partial charge >= 0.3 is 0 Å². The molecule has 16 heavy (non-hydrogen) atoms. The molecule has 1 aliphatic carbocycles. The number of aliphatic hydroxyl groups is 1. The van der Waals surface area contributed by atoms with Crippen molar-refractivity contribution in [2.24, 2.45) is 5.41 Å². The third-order valence-corrected chi connectivity index (χ3v) is 4.89. The molecular formula is C13H24N2O. The lowest BCUT2D eigenvalue weighted by Gasteiger charge is -2.33. The van der Waals surface area contributed by atoms with Crippen LogP contribution in [0.2, 0.25) is 0 Å². The van der Waals surface area contributed by atoms with Gasteiger partial charge in [0.05, 0.1) is 0 Å². The van der Waals surface area contributed by atoms with Crippen molar-refractivity contribution in [1.29, 1.82) is 0 Å². The standard InChI is InChI=1S/C13H24N2O/c16-10-13(5-6-13)9-14-11-4-8-15-7-2-1-3-12(11)15/h11-12,14,16H,1-10H2. The Morgan fingerprint density at radius 2 is 2.06 bits per heavy atom. The first-order valence-electron chi connectivity index (χ1n) is 6.91. The Morgan fingerprint density at radius 1 is 1.19 bits per heavy atom. The van der Waals surface area contributed by atoms with Crippen LogP contribution >= 0.6 is 0 Å². The van der Waals surface area contributed by atoms with Crippen molar-refractivity contribution >= 4 is 0 Å². The fourth-order valence-corrected chi connectivity index (χ4v) is 3.40. The summed E-state index contributed by atoms with van der Waals surface area (Å²) in [6.45, 7) is 4.02. The molecule has 3 nitrogen and oxygen atoms in total. The number of rotatable bonds is 4. The summed E-state index contributed by atoms with van der Waals surface area (Å²) in [5.41, 5.74) is 0.266. The highest BCUT2D eigenvalue weighted by molar-refractivity contribution is 4.99. The van der Waals surface area contributed by atoms with Crippen molar-refractivity contribution in [2.45, 2.75) is 50.6 Å². The van der Waals surface area contributed by atoms with Gasteiger partial charge < -0.3 is 10.4 Å². The van der Waals surface area contributed by atoms with E-state index in [-0.39, 0.29) is 5.41 Å². The fourth-order valence-electron chi connectivity index (χ4n) is 3.40. The summed E-state index contributed by atoms with van der Waals surface area (Å²) >= 11 is 0. The summed E-state index contributed by atoms with van der Waals surface area (Å²) in [5.74, 6) is 0. The maximum absolute atomic E-state index is 9.31. The fraction of sp³-hybridized carbons (Fsp3) is 1.00. The SMILES string of the molecule is OCC1(CNC2CCN3CCCCC23)CC1. The molecule has 0 spiro atoms. The molecule has 2 saturated heterocycles. The molecule has 3 rings (SSSR count). The molecule has 3 fully saturated rings. The molecule has 0 aromatic carbocycles. The summed E-state index contributed by atoms with van der Waals surface area (Å²) in [6.07, 6.45) is 7.93. The first kappa shape index (κ1) is 11.0. The molecule has 3 heteroatoms. The second kappa shape index (κ2) is 4.28. The third-order valence-electron chi connectivity index (χ3n) is 4.89. The predicted molar refractivity (Wildman–Crippen MR) is 64.4 cm³/mol. The average Bonchev–Trinajstić information content (AvgIpc) is 3.01. The molecule has 0 amide bonds. The second-order valence-corrected chi connectivity index (χ2v) is 6.03. The molecule has 2 atom stereocenters. The Balaban J connectivity index is 1.51. The third kappa shape index (κ3) is 2.01. The van der Waals surface area contributed by atoms with Crippen LogP contribution in [0.15, 0.2) is 0 Å². The lowest BCUT2D eigenvalue weighted by molar-refractivity contribution is 0.168. The number of nitrogens with zero attached hydrogens (tertiary/aromatic N) is 1. The zero-order valence-corrected chi connectivity index (χ0v) is 10.1. The summed E-state index contributed by atoms with van der Waals surface area (Å²) in [4.78, 5) is 2.67. The smallest absolute Gasteiger partial charge is 0.0499 e. The maximum Gasteiger partial charge on any atom is 0.0499 e. The highest BCUT2D eigenvalue weighted by atomic mass is 16.3. The molecule has 92 valence electrons. The van der Waals surface area contributed by atoms with Crippen molar-refractivity contribution in [3.8, 4) is 0 Å². The van der Waals surface area contributed by atoms with Gasteiger partial charge in [-0.25, -0.2) is 0 Å². The number of piperidine rings is 1. The molecule has 0 aromatic heterocycles. The molecule has 1 saturated carbocycles. The van der Waals surface area contributed by atoms with Gasteiger partial charge in [0.25, 0.3) is 0 Å². The second-order valence-electron chi connectivity index (χ2n) is 6.03. The van der Waals surface area contributed by atoms with Crippen molar-refractivity contribution in [3.63, 3.8) is 0 Å². The van der Waals surface area contributed by atoms with Crippen LogP contribution in [-0.2, 0) is 0 Å². The number of aliphatic hydroxyl groups excluding tert-OH is 1. The van der Waals surface area contributed by atoms with E-state index in [9.17, 15) is 5.11 Å². The molecule has 0 bridgehead atoms. The van der Waals surface area contributed by atoms with Crippen LogP contribution in [-0.4, -0.2) is 48.3 Å². The highest BCUT2D eigenvalue weighted by Crippen LogP contribution is 2.44. The van der Waals surface area contributed by atoms with Gasteiger partial charge in [-0.05, 0) is 38.6 Å². The number of hydrogen-bond donors (Lipinski definition) is 2. The number of hydrogen-bond acceptors (Lipinski definition) is 3. The lowest BCUT2D eigenvalue weighted by Crippen LogP contribution is -2.46. The Bertz CT molecular complexity index is 252. The van der Waals surface area contributed by atoms with E-state index in [4.69, 9.17) is 0 Å². The van der Waals surface area contributed by atoms with Crippen LogP contribution < -0.4 is 5.32 Å². The largest absolute Gasteiger partial charge is 0.396 e. The van der Waals surface area contributed by atoms with Gasteiger partial charge in [0.15, 0.2) is 0 Å². The maximum atomic E-state index is 9.31. The summed E-state index contributed by atoms with van der Waals surface area (Å²) in [5, 5.41) is 13.0. The van der Waals surface area contributed by atoms with Crippen molar-refractivity contribution in [1.82, 2.24) is 10.2 Å². The highest BCUT2D eigenvalue weighted by Gasteiger charge is 2.43. The van der Waals surface area contributed by atoms with Crippen molar-refractivity contribution in [2.75, 3.05) is 26.2 Å². The Morgan fingerprint density at radius 3 is 2.81 bits per heavy atom. The zero-order valence-electron chi connectivity index (χ0n) is 10.1. The number of fused-ring (bicyclic) bond motifs is 1. The Labute approximate surface area is 98.2 Å². The van der Waals surface area contributed by atoms with Crippen LogP contribution in [0.3, 0.4) is 0 Å². The van der Waals surface area contributed by atoms with Gasteiger partial charge in [0.1, 0.15) is 0 Å². The normalized spacial score (nSPS) is 37.3. The Hall–Kier alpha value is -0.120. The molecule has 2 heterocycles. The van der Waals surface area contributed by atoms with Crippen LogP contribution in [0.5, 0.6) is 0 Å². The molecule has 2 aliphatic heterocycles. The lowest BCUT2D eigenvalue weighted by atomic mass is 9.98. The van der Waals surface area contributed by atoms with Crippen molar-refractivity contribution < 1.29 is 5.11 Å². The summed E-state index contributed by atoms with van der Waals surface area (Å²) in [6, 6.07) is 1.49. The van der Waals surface area contributed by atoms with E-state index < -0.39 is 0 Å². The minimum atomic E-state index is 0.266. The van der Waals surface area contributed by atoms with Gasteiger partial charge in [0, 0.05) is 37.2 Å². The number of nitrogens with one attached hydrogen (secondary N) is 1. The van der Waals surface area contributed by atoms with Crippen molar-refractivity contribution in [3.05, 3.63) is 0 Å². The van der Waals surface area contributed by atoms with Gasteiger partial charge in [-0.1, -0.05) is 6.42 Å². The average molecular weight is 224 g/mol. The minimum Gasteiger partial charge on any atom is -0.396 e. The van der Waals surface area contributed by atoms with Crippen LogP contribution in [0.25, 0.3) is 0 Å². The molecule has 2 unspecified atom stereocenters. The van der Waals surface area contributed by atoms with E-state index in [1.807, 2.05) is 0 Å². The minimum absolute atomic E-state index is 0.266. The topological polar surface area (TPSA) is 35.5 Å². The predicted octanol–water partition coefficient (Wildman–Crippen LogP) is 0.975. The molecule has 2 N–H and O–H groups in total. The van der Waals surface area contributed by atoms with E-state index in [1.54, 1.807) is 0 Å². The van der Waals surface area contributed by atoms with E-state index >= 15 is 0 Å². The van der Waals surface area contributed by atoms with Gasteiger partial charge in [-0.2, -0.15) is 0 Å². The molecule has 0 radical (unpaired) electrons. The monoisotopic (exact) mass is 224 g/mol. The summed E-state index contributed by atoms with van der Waals surface area (Å²) in [7, 11) is 0. The van der Waals surface area contributed by atoms with Crippen LogP contribution in [0.1, 0.15) is 38.5 Å². The van der Waals surface area contributed by atoms with E-state index in [0.717, 1.165) is 12.6 Å². The van der Waals surface area contributed by atoms with Gasteiger partial charge in [-0.3, -0.25) is 4.90 Å². The van der Waals surface area contributed by atoms with E-state index in [2.05, 4.69) is 10.2 Å². The van der Waals surface area contributed by atoms with Gasteiger partial charge in [0.2, 0.25) is 0 Å². The first-order valence-corrected chi connectivity index (χ1v) is 6.91.